The maximum absolute atomic E-state index is 12.9. The molecule has 8 heteroatoms. The van der Waals surface area contributed by atoms with E-state index in [0.717, 1.165) is 22.3 Å². The smallest absolute Gasteiger partial charge is 0.407 e. The number of ether oxygens (including phenoxy) is 2. The molecule has 1 unspecified atom stereocenters. The van der Waals surface area contributed by atoms with Crippen molar-refractivity contribution in [2.45, 2.75) is 50.1 Å². The topological polar surface area (TPSA) is 114 Å². The summed E-state index contributed by atoms with van der Waals surface area (Å²) in [4.78, 5) is 37.5. The van der Waals surface area contributed by atoms with Gasteiger partial charge in [0.1, 0.15) is 18.2 Å². The number of hydrogen-bond donors (Lipinski definition) is 3. The van der Waals surface area contributed by atoms with Crippen LogP contribution in [0.3, 0.4) is 0 Å². The number of carboxylic acid groups (broad SMARTS) is 1. The average Bonchev–Trinajstić information content (AvgIpc) is 3.16. The first-order chi connectivity index (χ1) is 16.4. The molecule has 8 nitrogen and oxygen atoms in total. The van der Waals surface area contributed by atoms with Crippen molar-refractivity contribution in [3.05, 3.63) is 59.7 Å². The summed E-state index contributed by atoms with van der Waals surface area (Å²) in [5, 5.41) is 15.0. The molecule has 3 N–H and O–H groups in total. The number of rotatable bonds is 8. The Balaban J connectivity index is 1.41. The predicted molar refractivity (Wildman–Crippen MR) is 125 cm³/mol. The zero-order chi connectivity index (χ0) is 24.1. The van der Waals surface area contributed by atoms with Crippen LogP contribution in [0.25, 0.3) is 11.1 Å². The van der Waals surface area contributed by atoms with E-state index >= 15 is 0 Å². The molecule has 2 aliphatic rings. The Hall–Kier alpha value is -3.39. The van der Waals surface area contributed by atoms with Crippen LogP contribution in [0, 0.1) is 0 Å². The highest BCUT2D eigenvalue weighted by atomic mass is 16.5. The molecule has 180 valence electrons. The Kier molecular flexibility index (Phi) is 7.17. The summed E-state index contributed by atoms with van der Waals surface area (Å²) < 4.78 is 10.8. The molecule has 0 spiro atoms. The molecular formula is C26H30N2O6. The van der Waals surface area contributed by atoms with Gasteiger partial charge in [0.15, 0.2) is 0 Å². The van der Waals surface area contributed by atoms with Crippen molar-refractivity contribution >= 4 is 18.0 Å². The summed E-state index contributed by atoms with van der Waals surface area (Å²) in [6.45, 7) is 2.54. The maximum atomic E-state index is 12.9. The van der Waals surface area contributed by atoms with Crippen molar-refractivity contribution < 1.29 is 29.0 Å². The molecular weight excluding hydrogens is 436 g/mol. The third kappa shape index (κ3) is 4.77. The van der Waals surface area contributed by atoms with Gasteiger partial charge in [-0.2, -0.15) is 0 Å². The first-order valence-corrected chi connectivity index (χ1v) is 11.7. The fourth-order valence-electron chi connectivity index (χ4n) is 4.77. The van der Waals surface area contributed by atoms with Gasteiger partial charge in [0.2, 0.25) is 5.91 Å². The number of fused-ring (bicyclic) bond motifs is 3. The van der Waals surface area contributed by atoms with Crippen LogP contribution in [0.2, 0.25) is 0 Å². The number of amides is 2. The summed E-state index contributed by atoms with van der Waals surface area (Å²) in [7, 11) is 0. The summed E-state index contributed by atoms with van der Waals surface area (Å²) in [5.74, 6) is -1.71. The van der Waals surface area contributed by atoms with Gasteiger partial charge in [0, 0.05) is 32.0 Å². The largest absolute Gasteiger partial charge is 0.480 e. The van der Waals surface area contributed by atoms with E-state index in [0.29, 0.717) is 12.8 Å². The van der Waals surface area contributed by atoms with E-state index in [4.69, 9.17) is 9.47 Å². The van der Waals surface area contributed by atoms with Crippen molar-refractivity contribution in [1.82, 2.24) is 10.6 Å². The number of alkyl carbamates (subject to hydrolysis) is 1. The van der Waals surface area contributed by atoms with Crippen LogP contribution < -0.4 is 10.6 Å². The van der Waals surface area contributed by atoms with Crippen molar-refractivity contribution in [2.24, 2.45) is 0 Å². The maximum Gasteiger partial charge on any atom is 0.407 e. The van der Waals surface area contributed by atoms with Crippen LogP contribution in [0.15, 0.2) is 48.5 Å². The average molecular weight is 467 g/mol. The van der Waals surface area contributed by atoms with Crippen molar-refractivity contribution in [3.8, 4) is 11.1 Å². The number of benzene rings is 2. The van der Waals surface area contributed by atoms with Crippen molar-refractivity contribution in [2.75, 3.05) is 19.8 Å². The van der Waals surface area contributed by atoms with Gasteiger partial charge in [0.25, 0.3) is 0 Å². The minimum atomic E-state index is -1.38. The quantitative estimate of drug-likeness (QED) is 0.549. The Labute approximate surface area is 198 Å². The zero-order valence-corrected chi connectivity index (χ0v) is 19.2. The molecule has 1 atom stereocenters. The Bertz CT molecular complexity index is 1020. The Morgan fingerprint density at radius 2 is 1.65 bits per heavy atom. The highest BCUT2D eigenvalue weighted by Crippen LogP contribution is 2.44. The molecule has 1 aliphatic carbocycles. The molecule has 1 fully saturated rings. The fraction of sp³-hybridized carbons (Fsp3) is 0.423. The first-order valence-electron chi connectivity index (χ1n) is 11.7. The van der Waals surface area contributed by atoms with Crippen LogP contribution in [0.5, 0.6) is 0 Å². The summed E-state index contributed by atoms with van der Waals surface area (Å²) in [6, 6.07) is 15.2. The van der Waals surface area contributed by atoms with Gasteiger partial charge in [-0.05, 0) is 28.7 Å². The van der Waals surface area contributed by atoms with E-state index in [2.05, 4.69) is 22.8 Å². The summed E-state index contributed by atoms with van der Waals surface area (Å²) in [6.07, 6.45) is 0.648. The van der Waals surface area contributed by atoms with Crippen molar-refractivity contribution in [1.29, 1.82) is 0 Å². The number of hydrogen-bond acceptors (Lipinski definition) is 5. The minimum Gasteiger partial charge on any atom is -0.480 e. The standard InChI is InChI=1S/C26H30N2O6/c1-2-7-22(23(29)28-26(24(30)31)12-14-33-15-13-26)27-25(32)34-16-21-19-10-5-3-8-17(19)18-9-4-6-11-20(18)21/h3-6,8-11,21-22H,2,7,12-16H2,1H3,(H,27,32)(H,28,29)(H,30,31). The lowest BCUT2D eigenvalue weighted by Gasteiger charge is -2.35. The van der Waals surface area contributed by atoms with Gasteiger partial charge >= 0.3 is 12.1 Å². The van der Waals surface area contributed by atoms with Crippen LogP contribution in [-0.4, -0.2) is 54.5 Å². The molecule has 2 aromatic rings. The fourth-order valence-corrected chi connectivity index (χ4v) is 4.77. The van der Waals surface area contributed by atoms with E-state index in [-0.39, 0.29) is 38.6 Å². The summed E-state index contributed by atoms with van der Waals surface area (Å²) in [5.41, 5.74) is 3.07. The van der Waals surface area contributed by atoms with Gasteiger partial charge in [-0.15, -0.1) is 0 Å². The lowest BCUT2D eigenvalue weighted by Crippen LogP contribution is -2.61. The van der Waals surface area contributed by atoms with Crippen LogP contribution >= 0.6 is 0 Å². The van der Waals surface area contributed by atoms with Crippen LogP contribution in [-0.2, 0) is 19.1 Å². The lowest BCUT2D eigenvalue weighted by molar-refractivity contribution is -0.152. The SMILES string of the molecule is CCCC(NC(=O)OCC1c2ccccc2-c2ccccc21)C(=O)NC1(C(=O)O)CCOCC1. The van der Waals surface area contributed by atoms with Gasteiger partial charge in [0.05, 0.1) is 0 Å². The second-order valence-electron chi connectivity index (χ2n) is 8.80. The van der Waals surface area contributed by atoms with Gasteiger partial charge in [-0.3, -0.25) is 4.79 Å². The summed E-state index contributed by atoms with van der Waals surface area (Å²) >= 11 is 0. The van der Waals surface area contributed by atoms with E-state index in [1.807, 2.05) is 43.3 Å². The van der Waals surface area contributed by atoms with Gasteiger partial charge in [-0.25, -0.2) is 9.59 Å². The molecule has 0 saturated carbocycles. The molecule has 2 amide bonds. The third-order valence-corrected chi connectivity index (χ3v) is 6.65. The van der Waals surface area contributed by atoms with E-state index in [9.17, 15) is 19.5 Å². The van der Waals surface area contributed by atoms with Crippen molar-refractivity contribution in [3.63, 3.8) is 0 Å². The Morgan fingerprint density at radius 1 is 1.06 bits per heavy atom. The molecule has 0 bridgehead atoms. The second-order valence-corrected chi connectivity index (χ2v) is 8.80. The molecule has 1 saturated heterocycles. The minimum absolute atomic E-state index is 0.0888. The highest BCUT2D eigenvalue weighted by molar-refractivity contribution is 5.91. The molecule has 0 aromatic heterocycles. The van der Waals surface area contributed by atoms with Gasteiger partial charge < -0.3 is 25.2 Å². The number of carbonyl (C=O) groups excluding carboxylic acids is 2. The van der Waals surface area contributed by atoms with E-state index in [1.54, 1.807) is 0 Å². The van der Waals surface area contributed by atoms with Crippen LogP contribution in [0.1, 0.15) is 49.7 Å². The molecule has 0 radical (unpaired) electrons. The second kappa shape index (κ2) is 10.3. The lowest BCUT2D eigenvalue weighted by atomic mass is 9.89. The molecule has 1 aliphatic heterocycles. The third-order valence-electron chi connectivity index (χ3n) is 6.65. The molecule has 1 heterocycles. The number of aliphatic carboxylic acids is 1. The monoisotopic (exact) mass is 466 g/mol. The molecule has 4 rings (SSSR count). The van der Waals surface area contributed by atoms with E-state index < -0.39 is 29.6 Å². The number of nitrogens with one attached hydrogen (secondary N) is 2. The van der Waals surface area contributed by atoms with E-state index in [1.165, 1.54) is 0 Å². The van der Waals surface area contributed by atoms with Gasteiger partial charge in [-0.1, -0.05) is 61.9 Å². The normalized spacial score (nSPS) is 17.2. The van der Waals surface area contributed by atoms with Crippen LogP contribution in [0.4, 0.5) is 4.79 Å². The molecule has 34 heavy (non-hydrogen) atoms. The predicted octanol–water partition coefficient (Wildman–Crippen LogP) is 3.44. The number of carboxylic acids is 1. The first kappa shape index (κ1) is 23.8. The molecule has 2 aromatic carbocycles. The highest BCUT2D eigenvalue weighted by Gasteiger charge is 2.43. The Morgan fingerprint density at radius 3 is 2.21 bits per heavy atom. The number of carbonyl (C=O) groups is 3. The zero-order valence-electron chi connectivity index (χ0n) is 19.2.